The summed E-state index contributed by atoms with van der Waals surface area (Å²) < 4.78 is 10.9. The fraction of sp³-hybridized carbons (Fsp3) is 0.273. The van der Waals surface area contributed by atoms with Crippen LogP contribution >= 0.6 is 23.4 Å². The molecule has 1 amide bonds. The van der Waals surface area contributed by atoms with E-state index in [9.17, 15) is 15.2 Å². The summed E-state index contributed by atoms with van der Waals surface area (Å²) >= 11 is 7.27. The molecule has 154 valence electrons. The van der Waals surface area contributed by atoms with Gasteiger partial charge in [-0.3, -0.25) is 9.69 Å². The lowest BCUT2D eigenvalue weighted by Crippen LogP contribution is -2.48. The smallest absolute Gasteiger partial charge is 0.231 e. The monoisotopic (exact) mass is 442 g/mol. The lowest BCUT2D eigenvalue weighted by atomic mass is 9.84. The first-order valence-electron chi connectivity index (χ1n) is 9.24. The van der Waals surface area contributed by atoms with Crippen molar-refractivity contribution in [3.8, 4) is 17.6 Å². The van der Waals surface area contributed by atoms with E-state index in [0.29, 0.717) is 38.3 Å². The molecule has 2 aliphatic rings. The number of amides is 1. The topological polar surface area (TPSA) is 82.8 Å². The highest BCUT2D eigenvalue weighted by atomic mass is 35.5. The maximum atomic E-state index is 13.2. The summed E-state index contributed by atoms with van der Waals surface area (Å²) in [5.74, 6) is 0.503. The van der Waals surface area contributed by atoms with Gasteiger partial charge in [-0.05, 0) is 18.2 Å². The van der Waals surface area contributed by atoms with Crippen molar-refractivity contribution in [2.24, 2.45) is 0 Å². The van der Waals surface area contributed by atoms with Gasteiger partial charge in [-0.1, -0.05) is 35.9 Å². The van der Waals surface area contributed by atoms with Crippen LogP contribution in [-0.2, 0) is 10.5 Å². The van der Waals surface area contributed by atoms with E-state index in [2.05, 4.69) is 6.07 Å². The van der Waals surface area contributed by atoms with Crippen molar-refractivity contribution < 1.29 is 19.4 Å². The minimum absolute atomic E-state index is 0.0341. The molecule has 1 fully saturated rings. The zero-order valence-corrected chi connectivity index (χ0v) is 18.0. The Morgan fingerprint density at radius 1 is 1.23 bits per heavy atom. The first-order chi connectivity index (χ1) is 14.4. The molecule has 8 heteroatoms. The number of rotatable bonds is 4. The van der Waals surface area contributed by atoms with Crippen molar-refractivity contribution in [2.45, 2.75) is 18.1 Å². The molecule has 0 bridgehead atoms. The van der Waals surface area contributed by atoms with Crippen molar-refractivity contribution in [1.82, 2.24) is 4.90 Å². The summed E-state index contributed by atoms with van der Waals surface area (Å²) in [6.45, 7) is 0. The fourth-order valence-corrected chi connectivity index (χ4v) is 5.49. The number of benzene rings is 2. The van der Waals surface area contributed by atoms with Gasteiger partial charge in [0.25, 0.3) is 0 Å². The third-order valence-corrected chi connectivity index (χ3v) is 6.90. The van der Waals surface area contributed by atoms with E-state index >= 15 is 0 Å². The van der Waals surface area contributed by atoms with Gasteiger partial charge >= 0.3 is 0 Å². The minimum atomic E-state index is -1.53. The fourth-order valence-electron chi connectivity index (χ4n) is 4.01. The number of fused-ring (bicyclic) bond motifs is 1. The van der Waals surface area contributed by atoms with Crippen molar-refractivity contribution in [1.29, 1.82) is 5.26 Å². The third-order valence-electron chi connectivity index (χ3n) is 5.43. The molecule has 0 saturated carbocycles. The maximum Gasteiger partial charge on any atom is 0.231 e. The van der Waals surface area contributed by atoms with Crippen LogP contribution in [0.5, 0.6) is 11.5 Å². The zero-order chi connectivity index (χ0) is 21.5. The molecule has 30 heavy (non-hydrogen) atoms. The molecule has 2 aliphatic heterocycles. The van der Waals surface area contributed by atoms with Crippen LogP contribution in [0.15, 0.2) is 53.1 Å². The summed E-state index contributed by atoms with van der Waals surface area (Å²) in [5.41, 5.74) is 0.151. The number of allylic oxidation sites excluding steroid dienone is 1. The molecule has 4 rings (SSSR count). The van der Waals surface area contributed by atoms with Crippen molar-refractivity contribution in [3.05, 3.63) is 69.2 Å². The largest absolute Gasteiger partial charge is 0.493 e. The normalized spacial score (nSPS) is 23.2. The molecular weight excluding hydrogens is 424 g/mol. The van der Waals surface area contributed by atoms with Crippen molar-refractivity contribution in [2.75, 3.05) is 20.0 Å². The van der Waals surface area contributed by atoms with Gasteiger partial charge in [0, 0.05) is 28.5 Å². The zero-order valence-electron chi connectivity index (χ0n) is 16.4. The van der Waals surface area contributed by atoms with Crippen LogP contribution in [-0.4, -0.2) is 35.9 Å². The molecule has 1 N–H and O–H groups in total. The van der Waals surface area contributed by atoms with E-state index in [1.54, 1.807) is 36.4 Å². The average Bonchev–Trinajstić information content (AvgIpc) is 3.12. The van der Waals surface area contributed by atoms with Crippen LogP contribution in [0, 0.1) is 11.3 Å². The van der Waals surface area contributed by atoms with Gasteiger partial charge in [-0.2, -0.15) is 5.26 Å². The summed E-state index contributed by atoms with van der Waals surface area (Å²) in [4.78, 5) is 14.6. The van der Waals surface area contributed by atoms with E-state index in [0.717, 1.165) is 0 Å². The number of aliphatic hydroxyl groups is 1. The Morgan fingerprint density at radius 2 is 1.97 bits per heavy atom. The summed E-state index contributed by atoms with van der Waals surface area (Å²) in [6.07, 6.45) is 0.0341. The molecular formula is C22H19ClN2O4S. The number of hydrogen-bond donors (Lipinski definition) is 1. The van der Waals surface area contributed by atoms with Crippen LogP contribution < -0.4 is 9.47 Å². The lowest BCUT2D eigenvalue weighted by Gasteiger charge is -2.38. The lowest BCUT2D eigenvalue weighted by molar-refractivity contribution is -0.149. The SMILES string of the molecule is COc1cccc([C@H]2CC(=O)N3C(=C2C#N)SC[C@@]3(O)c2ccc(Cl)cc2)c1OC. The van der Waals surface area contributed by atoms with Crippen LogP contribution in [0.3, 0.4) is 0 Å². The second-order valence-electron chi connectivity index (χ2n) is 7.01. The molecule has 0 unspecified atom stereocenters. The summed E-state index contributed by atoms with van der Waals surface area (Å²) in [5, 5.41) is 22.4. The van der Waals surface area contributed by atoms with E-state index in [1.165, 1.54) is 30.9 Å². The van der Waals surface area contributed by atoms with Crippen LogP contribution in [0.2, 0.25) is 5.02 Å². The predicted molar refractivity (Wildman–Crippen MR) is 114 cm³/mol. The van der Waals surface area contributed by atoms with Gasteiger partial charge in [0.05, 0.1) is 36.6 Å². The second kappa shape index (κ2) is 7.88. The van der Waals surface area contributed by atoms with E-state index in [1.807, 2.05) is 6.07 Å². The molecule has 2 atom stereocenters. The Hall–Kier alpha value is -2.66. The number of methoxy groups -OCH3 is 2. The molecule has 1 saturated heterocycles. The quantitative estimate of drug-likeness (QED) is 0.770. The number of para-hydroxylation sites is 1. The van der Waals surface area contributed by atoms with Gasteiger partial charge in [-0.15, -0.1) is 11.8 Å². The van der Waals surface area contributed by atoms with Gasteiger partial charge in [0.2, 0.25) is 5.91 Å². The van der Waals surface area contributed by atoms with Gasteiger partial charge in [-0.25, -0.2) is 0 Å². The number of halogens is 1. The Kier molecular flexibility index (Phi) is 5.41. The standard InChI is InChI=1S/C22H19ClN2O4S/c1-28-18-5-3-4-15(20(18)29-2)16-10-19(26)25-21(17(16)11-24)30-12-22(25,27)13-6-8-14(23)9-7-13/h3-9,16,27H,10,12H2,1-2H3/t16-,22-/m1/s1. The predicted octanol–water partition coefficient (Wildman–Crippen LogP) is 4.00. The number of ether oxygens (including phenoxy) is 2. The van der Waals surface area contributed by atoms with E-state index in [4.69, 9.17) is 21.1 Å². The molecule has 0 aliphatic carbocycles. The highest BCUT2D eigenvalue weighted by Crippen LogP contribution is 2.53. The molecule has 2 aromatic carbocycles. The summed E-state index contributed by atoms with van der Waals surface area (Å²) in [6, 6.07) is 14.4. The number of thioether (sulfide) groups is 1. The Balaban J connectivity index is 1.83. The number of carbonyl (C=O) groups excluding carboxylic acids is 1. The molecule has 2 aromatic rings. The molecule has 2 heterocycles. The highest BCUT2D eigenvalue weighted by Gasteiger charge is 2.52. The number of nitrogens with zero attached hydrogens (tertiary/aromatic N) is 2. The first-order valence-corrected chi connectivity index (χ1v) is 10.6. The van der Waals surface area contributed by atoms with Gasteiger partial charge in [0.15, 0.2) is 17.2 Å². The van der Waals surface area contributed by atoms with Crippen molar-refractivity contribution in [3.63, 3.8) is 0 Å². The van der Waals surface area contributed by atoms with Crippen LogP contribution in [0.4, 0.5) is 0 Å². The van der Waals surface area contributed by atoms with Crippen LogP contribution in [0.25, 0.3) is 0 Å². The second-order valence-corrected chi connectivity index (χ2v) is 8.41. The number of hydrogen-bond acceptors (Lipinski definition) is 6. The Labute approximate surface area is 183 Å². The average molecular weight is 443 g/mol. The highest BCUT2D eigenvalue weighted by molar-refractivity contribution is 8.03. The Bertz CT molecular complexity index is 1080. The van der Waals surface area contributed by atoms with Gasteiger partial charge in [0.1, 0.15) is 0 Å². The molecule has 0 spiro atoms. The number of carbonyl (C=O) groups is 1. The molecule has 0 aromatic heterocycles. The van der Waals surface area contributed by atoms with Crippen LogP contribution in [0.1, 0.15) is 23.5 Å². The van der Waals surface area contributed by atoms with E-state index in [-0.39, 0.29) is 18.1 Å². The maximum absolute atomic E-state index is 13.2. The van der Waals surface area contributed by atoms with Gasteiger partial charge < -0.3 is 14.6 Å². The van der Waals surface area contributed by atoms with E-state index < -0.39 is 11.6 Å². The molecule has 6 nitrogen and oxygen atoms in total. The third kappa shape index (κ3) is 3.12. The van der Waals surface area contributed by atoms with Crippen molar-refractivity contribution >= 4 is 29.3 Å². The number of nitriles is 1. The minimum Gasteiger partial charge on any atom is -0.493 e. The Morgan fingerprint density at radius 3 is 2.60 bits per heavy atom. The first kappa shape index (κ1) is 20.6. The molecule has 0 radical (unpaired) electrons. The summed E-state index contributed by atoms with van der Waals surface area (Å²) in [7, 11) is 3.07.